The number of hydrogen-bond acceptors (Lipinski definition) is 13. The Morgan fingerprint density at radius 1 is 0.929 bits per heavy atom. The molecule has 15 nitrogen and oxygen atoms in total. The summed E-state index contributed by atoms with van der Waals surface area (Å²) in [6.45, 7) is 9.76. The highest BCUT2D eigenvalue weighted by atomic mass is 35.5. The number of para-hydroxylation sites is 1. The second kappa shape index (κ2) is 15.7. The Morgan fingerprint density at radius 3 is 2.45 bits per heavy atom. The van der Waals surface area contributed by atoms with Crippen LogP contribution in [0.5, 0.6) is 0 Å². The van der Waals surface area contributed by atoms with E-state index in [-0.39, 0.29) is 18.7 Å². The van der Waals surface area contributed by atoms with Gasteiger partial charge in [0.15, 0.2) is 5.13 Å². The van der Waals surface area contributed by atoms with Gasteiger partial charge in [0.2, 0.25) is 11.8 Å². The second-order valence-electron chi connectivity index (χ2n) is 14.6. The summed E-state index contributed by atoms with van der Waals surface area (Å²) in [7, 11) is 0. The van der Waals surface area contributed by atoms with Crippen molar-refractivity contribution in [1.82, 2.24) is 35.0 Å². The Hall–Kier alpha value is -5.29. The van der Waals surface area contributed by atoms with Crippen LogP contribution < -0.4 is 20.9 Å². The van der Waals surface area contributed by atoms with Crippen molar-refractivity contribution in [2.24, 2.45) is 0 Å². The first-order valence-corrected chi connectivity index (χ1v) is 19.9. The minimum Gasteiger partial charge on any atom is -0.356 e. The van der Waals surface area contributed by atoms with Gasteiger partial charge in [0.1, 0.15) is 28.4 Å². The lowest BCUT2D eigenvalue weighted by Crippen LogP contribution is -2.54. The van der Waals surface area contributed by atoms with Crippen LogP contribution in [0.25, 0.3) is 0 Å². The van der Waals surface area contributed by atoms with E-state index in [4.69, 9.17) is 16.6 Å². The van der Waals surface area contributed by atoms with Crippen LogP contribution in [0.4, 0.5) is 22.5 Å². The van der Waals surface area contributed by atoms with Crippen molar-refractivity contribution in [3.63, 3.8) is 0 Å². The number of carbonyl (C=O) groups excluding carboxylic acids is 5. The Labute approximate surface area is 332 Å². The number of benzene rings is 2. The number of aromatic nitrogens is 3. The fourth-order valence-corrected chi connectivity index (χ4v) is 8.90. The molecule has 0 aliphatic carbocycles. The lowest BCUT2D eigenvalue weighted by atomic mass is 10.0. The van der Waals surface area contributed by atoms with Crippen LogP contribution in [-0.2, 0) is 16.1 Å². The zero-order valence-electron chi connectivity index (χ0n) is 31.0. The first-order valence-electron chi connectivity index (χ1n) is 18.7. The van der Waals surface area contributed by atoms with Crippen LogP contribution >= 0.6 is 22.9 Å². The Morgan fingerprint density at radius 2 is 1.70 bits per heavy atom. The lowest BCUT2D eigenvalue weighted by Gasteiger charge is -2.43. The molecule has 5 amide bonds. The van der Waals surface area contributed by atoms with Gasteiger partial charge in [0.05, 0.1) is 28.0 Å². The predicted octanol–water partition coefficient (Wildman–Crippen LogP) is 4.39. The molecule has 1 atom stereocenters. The third kappa shape index (κ3) is 7.74. The van der Waals surface area contributed by atoms with Crippen LogP contribution in [-0.4, -0.2) is 111 Å². The topological polar surface area (TPSA) is 173 Å². The number of piperidine rings is 2. The maximum Gasteiger partial charge on any atom is 0.267 e. The number of rotatable bonds is 9. The molecule has 0 radical (unpaired) electrons. The smallest absolute Gasteiger partial charge is 0.267 e. The van der Waals surface area contributed by atoms with E-state index in [0.29, 0.717) is 56.1 Å². The summed E-state index contributed by atoms with van der Waals surface area (Å²) in [6, 6.07) is 12.2. The number of aryl methyl sites for hydroxylation is 2. The Kier molecular flexibility index (Phi) is 10.5. The number of carbonyl (C=O) groups is 5. The number of fused-ring (bicyclic) bond motifs is 1. The van der Waals surface area contributed by atoms with Crippen molar-refractivity contribution in [2.45, 2.75) is 58.2 Å². The van der Waals surface area contributed by atoms with Crippen molar-refractivity contribution in [2.75, 3.05) is 54.8 Å². The molecule has 3 N–H and O–H groups in total. The normalized spacial score (nSPS) is 19.7. The number of hydrogen-bond donors (Lipinski definition) is 3. The first kappa shape index (κ1) is 37.6. The van der Waals surface area contributed by atoms with Gasteiger partial charge in [-0.15, -0.1) is 0 Å². The van der Waals surface area contributed by atoms with Gasteiger partial charge >= 0.3 is 0 Å². The molecule has 2 aromatic carbocycles. The van der Waals surface area contributed by atoms with Gasteiger partial charge < -0.3 is 15.5 Å². The fourth-order valence-electron chi connectivity index (χ4n) is 7.91. The van der Waals surface area contributed by atoms with Crippen LogP contribution in [0, 0.1) is 13.8 Å². The van der Waals surface area contributed by atoms with Crippen molar-refractivity contribution in [3.05, 3.63) is 86.6 Å². The molecule has 1 unspecified atom stereocenters. The molecule has 6 heterocycles. The summed E-state index contributed by atoms with van der Waals surface area (Å²) in [5.41, 5.74) is 3.00. The van der Waals surface area contributed by atoms with Crippen molar-refractivity contribution in [3.8, 4) is 0 Å². The van der Waals surface area contributed by atoms with Crippen molar-refractivity contribution in [1.29, 1.82) is 0 Å². The van der Waals surface area contributed by atoms with Crippen molar-refractivity contribution < 1.29 is 24.0 Å². The standard InChI is InChI=1S/C39H41ClN10O5S/c1-22-4-3-5-28(40)34(22)46-36(53)30-20-41-39(56-30)44-31-19-32(43-23(2)42-31)49-12-10-25(11-13-49)48-16-14-47(15-17-48)21-24-6-7-26-27(18-24)38(55)50(37(26)54)29-8-9-33(51)45-35(29)52/h3-7,18-20,25,29H,8-17,21H2,1-2H3,(H,46,53)(H,45,51,52)(H,41,42,43,44). The second-order valence-corrected chi connectivity index (χ2v) is 16.0. The quantitative estimate of drug-likeness (QED) is 0.205. The number of thiazole rings is 1. The average Bonchev–Trinajstić information content (AvgIpc) is 3.75. The average molecular weight is 797 g/mol. The minimum atomic E-state index is -0.973. The van der Waals surface area contributed by atoms with E-state index in [1.54, 1.807) is 18.2 Å². The molecule has 4 aliphatic rings. The molecule has 0 spiro atoms. The van der Waals surface area contributed by atoms with Crippen molar-refractivity contribution >= 4 is 74.9 Å². The maximum atomic E-state index is 13.3. The largest absolute Gasteiger partial charge is 0.356 e. The molecule has 0 bridgehead atoms. The number of piperazine rings is 1. The molecule has 3 fully saturated rings. The molecule has 2 aromatic heterocycles. The molecular formula is C39H41ClN10O5S. The third-order valence-electron chi connectivity index (χ3n) is 10.9. The third-order valence-corrected chi connectivity index (χ3v) is 12.1. The molecule has 4 aromatic rings. The zero-order chi connectivity index (χ0) is 39.1. The van der Waals surface area contributed by atoms with E-state index in [1.165, 1.54) is 17.5 Å². The monoisotopic (exact) mass is 796 g/mol. The van der Waals surface area contributed by atoms with Crippen LogP contribution in [0.3, 0.4) is 0 Å². The predicted molar refractivity (Wildman–Crippen MR) is 212 cm³/mol. The molecule has 17 heteroatoms. The van der Waals surface area contributed by atoms with Gasteiger partial charge in [0.25, 0.3) is 17.7 Å². The number of nitrogens with one attached hydrogen (secondary N) is 3. The highest BCUT2D eigenvalue weighted by molar-refractivity contribution is 7.17. The van der Waals surface area contributed by atoms with E-state index in [1.807, 2.05) is 38.1 Å². The van der Waals surface area contributed by atoms with Crippen LogP contribution in [0.1, 0.15) is 73.0 Å². The van der Waals surface area contributed by atoms with E-state index in [2.05, 4.69) is 40.6 Å². The summed E-state index contributed by atoms with van der Waals surface area (Å²) in [4.78, 5) is 85.7. The molecule has 3 saturated heterocycles. The molecular weight excluding hydrogens is 756 g/mol. The van der Waals surface area contributed by atoms with Gasteiger partial charge in [0, 0.05) is 64.3 Å². The molecule has 56 heavy (non-hydrogen) atoms. The lowest BCUT2D eigenvalue weighted by molar-refractivity contribution is -0.136. The Bertz CT molecular complexity index is 2210. The SMILES string of the molecule is Cc1nc(Nc2ncc(C(=O)Nc3c(C)cccc3Cl)s2)cc(N2CCC(N3CCN(Cc4ccc5c(c4)C(=O)N(C4CCC(=O)NC4=O)C5=O)CC3)CC2)n1. The summed E-state index contributed by atoms with van der Waals surface area (Å²) >= 11 is 7.53. The fraction of sp³-hybridized carbons (Fsp3) is 0.385. The molecule has 4 aliphatic heterocycles. The van der Waals surface area contributed by atoms with Crippen LogP contribution in [0.2, 0.25) is 5.02 Å². The van der Waals surface area contributed by atoms with Crippen LogP contribution in [0.15, 0.2) is 48.7 Å². The summed E-state index contributed by atoms with van der Waals surface area (Å²) in [5.74, 6) is -0.164. The van der Waals surface area contributed by atoms with Gasteiger partial charge in [-0.1, -0.05) is 41.1 Å². The number of nitrogens with zero attached hydrogens (tertiary/aromatic N) is 7. The maximum absolute atomic E-state index is 13.3. The van der Waals surface area contributed by atoms with Gasteiger partial charge in [-0.2, -0.15) is 0 Å². The summed E-state index contributed by atoms with van der Waals surface area (Å²) in [6.07, 6.45) is 3.77. The summed E-state index contributed by atoms with van der Waals surface area (Å²) in [5, 5.41) is 9.41. The van der Waals surface area contributed by atoms with E-state index in [0.717, 1.165) is 74.0 Å². The van der Waals surface area contributed by atoms with Gasteiger partial charge in [-0.05, 0) is 62.4 Å². The van der Waals surface area contributed by atoms with E-state index >= 15 is 0 Å². The van der Waals surface area contributed by atoms with E-state index < -0.39 is 29.7 Å². The first-order chi connectivity index (χ1) is 27.0. The molecule has 0 saturated carbocycles. The number of imide groups is 2. The highest BCUT2D eigenvalue weighted by Gasteiger charge is 2.44. The summed E-state index contributed by atoms with van der Waals surface area (Å²) < 4.78 is 0. The Balaban J connectivity index is 0.819. The zero-order valence-corrected chi connectivity index (χ0v) is 32.6. The highest BCUT2D eigenvalue weighted by Crippen LogP contribution is 2.31. The van der Waals surface area contributed by atoms with E-state index in [9.17, 15) is 24.0 Å². The molecule has 290 valence electrons. The minimum absolute atomic E-state index is 0.0905. The van der Waals surface area contributed by atoms with Gasteiger partial charge in [-0.25, -0.2) is 15.0 Å². The number of amides is 5. The molecule has 8 rings (SSSR count). The van der Waals surface area contributed by atoms with Gasteiger partial charge in [-0.3, -0.25) is 44.0 Å². The number of anilines is 4. The number of halogens is 1.